The Morgan fingerprint density at radius 2 is 2.29 bits per heavy atom. The Labute approximate surface area is 112 Å². The molecule has 0 spiro atoms. The first-order chi connectivity index (χ1) is 8.19. The molecule has 88 valence electrons. The molecule has 0 aliphatic carbocycles. The number of amides is 1. The Morgan fingerprint density at radius 1 is 1.47 bits per heavy atom. The molecule has 17 heavy (non-hydrogen) atoms. The number of pyridine rings is 1. The van der Waals surface area contributed by atoms with Crippen LogP contribution in [0.2, 0.25) is 0 Å². The van der Waals surface area contributed by atoms with Gasteiger partial charge in [-0.15, -0.1) is 11.3 Å². The zero-order valence-corrected chi connectivity index (χ0v) is 11.6. The minimum atomic E-state index is -0.111. The molecule has 3 nitrogen and oxygen atoms in total. The second kappa shape index (κ2) is 5.42. The average Bonchev–Trinajstić information content (AvgIpc) is 2.77. The summed E-state index contributed by atoms with van der Waals surface area (Å²) in [5.41, 5.74) is 0. The summed E-state index contributed by atoms with van der Waals surface area (Å²) in [6, 6.07) is 7.41. The van der Waals surface area contributed by atoms with Crippen molar-refractivity contribution in [1.82, 2.24) is 4.98 Å². The number of aryl methyl sites for hydroxylation is 1. The van der Waals surface area contributed by atoms with Crippen LogP contribution in [0.4, 0.5) is 5.82 Å². The van der Waals surface area contributed by atoms with Gasteiger partial charge in [-0.2, -0.15) is 0 Å². The highest BCUT2D eigenvalue weighted by molar-refractivity contribution is 9.10. The lowest BCUT2D eigenvalue weighted by Gasteiger charge is -2.02. The monoisotopic (exact) mass is 310 g/mol. The van der Waals surface area contributed by atoms with Gasteiger partial charge in [-0.1, -0.05) is 22.9 Å². The van der Waals surface area contributed by atoms with Crippen LogP contribution in [0.25, 0.3) is 0 Å². The predicted octanol–water partition coefficient (Wildman–Crippen LogP) is 3.72. The summed E-state index contributed by atoms with van der Waals surface area (Å²) in [6.07, 6.45) is 2.60. The minimum absolute atomic E-state index is 0.111. The number of rotatable bonds is 3. The third kappa shape index (κ3) is 3.14. The van der Waals surface area contributed by atoms with Crippen LogP contribution in [0.3, 0.4) is 0 Å². The van der Waals surface area contributed by atoms with E-state index in [9.17, 15) is 4.79 Å². The lowest BCUT2D eigenvalue weighted by Crippen LogP contribution is -2.11. The van der Waals surface area contributed by atoms with Gasteiger partial charge in [0.1, 0.15) is 5.82 Å². The Hall–Kier alpha value is -1.20. The van der Waals surface area contributed by atoms with Crippen molar-refractivity contribution in [2.45, 2.75) is 13.3 Å². The van der Waals surface area contributed by atoms with Crippen molar-refractivity contribution >= 4 is 39.0 Å². The zero-order chi connectivity index (χ0) is 12.3. The Kier molecular flexibility index (Phi) is 3.91. The van der Waals surface area contributed by atoms with E-state index in [0.29, 0.717) is 10.7 Å². The van der Waals surface area contributed by atoms with Crippen molar-refractivity contribution in [1.29, 1.82) is 0 Å². The molecule has 0 aromatic carbocycles. The number of anilines is 1. The van der Waals surface area contributed by atoms with Gasteiger partial charge in [0.05, 0.1) is 4.88 Å². The molecular formula is C12H11BrN2OS. The second-order valence-corrected chi connectivity index (χ2v) is 5.52. The van der Waals surface area contributed by atoms with Crippen molar-refractivity contribution in [3.8, 4) is 0 Å². The first kappa shape index (κ1) is 12.3. The van der Waals surface area contributed by atoms with Crippen LogP contribution in [-0.4, -0.2) is 10.9 Å². The SMILES string of the molecule is CCc1ccc(C(=O)Nc2cc(Br)ccn2)s1. The van der Waals surface area contributed by atoms with Crippen LogP contribution in [0.15, 0.2) is 34.9 Å². The normalized spacial score (nSPS) is 10.2. The second-order valence-electron chi connectivity index (χ2n) is 3.43. The molecule has 1 amide bonds. The molecule has 2 rings (SSSR count). The molecule has 0 aliphatic rings. The molecule has 0 radical (unpaired) electrons. The number of nitrogens with zero attached hydrogens (tertiary/aromatic N) is 1. The van der Waals surface area contributed by atoms with E-state index in [4.69, 9.17) is 0 Å². The van der Waals surface area contributed by atoms with Gasteiger partial charge in [0, 0.05) is 15.5 Å². The zero-order valence-electron chi connectivity index (χ0n) is 9.24. The van der Waals surface area contributed by atoms with E-state index in [2.05, 4.69) is 33.2 Å². The summed E-state index contributed by atoms with van der Waals surface area (Å²) >= 11 is 4.85. The molecule has 0 unspecified atom stereocenters. The van der Waals surface area contributed by atoms with Crippen molar-refractivity contribution in [2.75, 3.05) is 5.32 Å². The Balaban J connectivity index is 2.11. The third-order valence-corrected chi connectivity index (χ3v) is 3.92. The average molecular weight is 311 g/mol. The fourth-order valence-corrected chi connectivity index (χ4v) is 2.52. The number of carbonyl (C=O) groups is 1. The van der Waals surface area contributed by atoms with Crippen molar-refractivity contribution in [3.63, 3.8) is 0 Å². The highest BCUT2D eigenvalue weighted by Crippen LogP contribution is 2.19. The quantitative estimate of drug-likeness (QED) is 0.938. The van der Waals surface area contributed by atoms with Crippen LogP contribution < -0.4 is 5.32 Å². The predicted molar refractivity (Wildman–Crippen MR) is 73.6 cm³/mol. The molecule has 0 saturated heterocycles. The van der Waals surface area contributed by atoms with E-state index >= 15 is 0 Å². The standard InChI is InChI=1S/C12H11BrN2OS/c1-2-9-3-4-10(17-9)12(16)15-11-7-8(13)5-6-14-11/h3-7H,2H2,1H3,(H,14,15,16). The molecule has 0 fully saturated rings. The lowest BCUT2D eigenvalue weighted by molar-refractivity contribution is 0.103. The van der Waals surface area contributed by atoms with Gasteiger partial charge in [0.25, 0.3) is 5.91 Å². The smallest absolute Gasteiger partial charge is 0.266 e. The molecular weight excluding hydrogens is 300 g/mol. The number of thiophene rings is 1. The van der Waals surface area contributed by atoms with Gasteiger partial charge < -0.3 is 5.32 Å². The first-order valence-corrected chi connectivity index (χ1v) is 6.81. The van der Waals surface area contributed by atoms with Crippen LogP contribution in [0.5, 0.6) is 0 Å². The molecule has 5 heteroatoms. The fourth-order valence-electron chi connectivity index (χ4n) is 1.34. The van der Waals surface area contributed by atoms with E-state index < -0.39 is 0 Å². The maximum atomic E-state index is 11.9. The lowest BCUT2D eigenvalue weighted by atomic mass is 10.3. The summed E-state index contributed by atoms with van der Waals surface area (Å²) < 4.78 is 0.892. The van der Waals surface area contributed by atoms with Crippen molar-refractivity contribution in [3.05, 3.63) is 44.7 Å². The molecule has 1 N–H and O–H groups in total. The topological polar surface area (TPSA) is 42.0 Å². The molecule has 0 aliphatic heterocycles. The highest BCUT2D eigenvalue weighted by Gasteiger charge is 2.09. The van der Waals surface area contributed by atoms with Gasteiger partial charge in [0.2, 0.25) is 0 Å². The van der Waals surface area contributed by atoms with Gasteiger partial charge in [-0.25, -0.2) is 4.98 Å². The highest BCUT2D eigenvalue weighted by atomic mass is 79.9. The summed E-state index contributed by atoms with van der Waals surface area (Å²) in [5, 5.41) is 2.77. The summed E-state index contributed by atoms with van der Waals surface area (Å²) in [6.45, 7) is 2.07. The first-order valence-electron chi connectivity index (χ1n) is 5.20. The molecule has 0 saturated carbocycles. The van der Waals surface area contributed by atoms with Crippen molar-refractivity contribution in [2.24, 2.45) is 0 Å². The Morgan fingerprint density at radius 3 is 2.94 bits per heavy atom. The number of halogens is 1. The van der Waals surface area contributed by atoms with Crippen LogP contribution >= 0.6 is 27.3 Å². The molecule has 2 aromatic rings. The maximum absolute atomic E-state index is 11.9. The van der Waals surface area contributed by atoms with Gasteiger partial charge in [-0.05, 0) is 30.7 Å². The van der Waals surface area contributed by atoms with Gasteiger partial charge in [-0.3, -0.25) is 4.79 Å². The largest absolute Gasteiger partial charge is 0.306 e. The molecule has 0 atom stereocenters. The molecule has 2 aromatic heterocycles. The number of hydrogen-bond donors (Lipinski definition) is 1. The third-order valence-electron chi connectivity index (χ3n) is 2.20. The van der Waals surface area contributed by atoms with E-state index in [1.165, 1.54) is 16.2 Å². The minimum Gasteiger partial charge on any atom is -0.306 e. The maximum Gasteiger partial charge on any atom is 0.266 e. The molecule has 2 heterocycles. The van der Waals surface area contributed by atoms with Crippen molar-refractivity contribution < 1.29 is 4.79 Å². The van der Waals surface area contributed by atoms with Crippen LogP contribution in [-0.2, 0) is 6.42 Å². The summed E-state index contributed by atoms with van der Waals surface area (Å²) in [4.78, 5) is 17.9. The Bertz CT molecular complexity index is 539. The van der Waals surface area contributed by atoms with E-state index in [0.717, 1.165) is 10.9 Å². The summed E-state index contributed by atoms with van der Waals surface area (Å²) in [5.74, 6) is 0.441. The van der Waals surface area contributed by atoms with E-state index in [-0.39, 0.29) is 5.91 Å². The number of hydrogen-bond acceptors (Lipinski definition) is 3. The molecule has 0 bridgehead atoms. The fraction of sp³-hybridized carbons (Fsp3) is 0.167. The summed E-state index contributed by atoms with van der Waals surface area (Å²) in [7, 11) is 0. The van der Waals surface area contributed by atoms with Crippen LogP contribution in [0, 0.1) is 0 Å². The van der Waals surface area contributed by atoms with Gasteiger partial charge >= 0.3 is 0 Å². The van der Waals surface area contributed by atoms with Crippen LogP contribution in [0.1, 0.15) is 21.5 Å². The van der Waals surface area contributed by atoms with E-state index in [1.54, 1.807) is 12.3 Å². The van der Waals surface area contributed by atoms with E-state index in [1.807, 2.05) is 18.2 Å². The number of aromatic nitrogens is 1. The van der Waals surface area contributed by atoms with Gasteiger partial charge in [0.15, 0.2) is 0 Å². The number of carbonyl (C=O) groups excluding carboxylic acids is 1. The number of nitrogens with one attached hydrogen (secondary N) is 1.